The molecule has 0 radical (unpaired) electrons. The number of thiocarbonyl (C=S) groups is 1. The summed E-state index contributed by atoms with van der Waals surface area (Å²) in [4.78, 5) is 36.3. The standard InChI is InChI=1S/C21H17N3O5S/c1-2-10-23-20(26)18(19(25)22-21(23)30)12-14-6-8-17(9-7-14)29-13-15-4-3-5-16(11-15)24(27)28/h2-9,11-12H,1,10,13H2,(H,22,25,30)/b18-12+. The molecule has 3 rings (SSSR count). The van der Waals surface area contributed by atoms with Crippen molar-refractivity contribution in [3.05, 3.63) is 88.0 Å². The summed E-state index contributed by atoms with van der Waals surface area (Å²) in [5.41, 5.74) is 1.26. The molecule has 0 atom stereocenters. The second-order valence-electron chi connectivity index (χ2n) is 6.31. The minimum absolute atomic E-state index is 0.00141. The molecule has 9 heteroatoms. The van der Waals surface area contributed by atoms with Crippen LogP contribution in [0.25, 0.3) is 6.08 Å². The molecule has 30 heavy (non-hydrogen) atoms. The largest absolute Gasteiger partial charge is 0.489 e. The van der Waals surface area contributed by atoms with E-state index in [4.69, 9.17) is 17.0 Å². The first-order valence-corrected chi connectivity index (χ1v) is 9.26. The van der Waals surface area contributed by atoms with Crippen LogP contribution in [0.4, 0.5) is 5.69 Å². The average molecular weight is 423 g/mol. The lowest BCUT2D eigenvalue weighted by atomic mass is 10.1. The molecular weight excluding hydrogens is 406 g/mol. The van der Waals surface area contributed by atoms with Crippen LogP contribution in [0.1, 0.15) is 11.1 Å². The maximum atomic E-state index is 12.5. The van der Waals surface area contributed by atoms with Gasteiger partial charge in [0.25, 0.3) is 17.5 Å². The molecular formula is C21H17N3O5S. The number of nitro benzene ring substituents is 1. The molecule has 0 bridgehead atoms. The van der Waals surface area contributed by atoms with Crippen molar-refractivity contribution in [1.29, 1.82) is 0 Å². The smallest absolute Gasteiger partial charge is 0.269 e. The van der Waals surface area contributed by atoms with Crippen LogP contribution in [0.2, 0.25) is 0 Å². The van der Waals surface area contributed by atoms with Crippen LogP contribution >= 0.6 is 12.2 Å². The predicted molar refractivity (Wildman–Crippen MR) is 114 cm³/mol. The first-order valence-electron chi connectivity index (χ1n) is 8.85. The normalized spacial score (nSPS) is 15.1. The lowest BCUT2D eigenvalue weighted by molar-refractivity contribution is -0.384. The van der Waals surface area contributed by atoms with E-state index in [0.29, 0.717) is 16.9 Å². The van der Waals surface area contributed by atoms with Crippen LogP contribution in [0, 0.1) is 10.1 Å². The highest BCUT2D eigenvalue weighted by atomic mass is 32.1. The first-order chi connectivity index (χ1) is 14.4. The molecule has 0 unspecified atom stereocenters. The summed E-state index contributed by atoms with van der Waals surface area (Å²) in [5.74, 6) is -0.511. The summed E-state index contributed by atoms with van der Waals surface area (Å²) < 4.78 is 5.65. The van der Waals surface area contributed by atoms with Gasteiger partial charge in [-0.2, -0.15) is 0 Å². The molecule has 8 nitrogen and oxygen atoms in total. The maximum Gasteiger partial charge on any atom is 0.269 e. The molecule has 0 aromatic heterocycles. The Morgan fingerprint density at radius 1 is 1.20 bits per heavy atom. The molecule has 0 saturated carbocycles. The van der Waals surface area contributed by atoms with E-state index < -0.39 is 16.7 Å². The number of nitro groups is 1. The molecule has 2 aromatic rings. The Hall–Kier alpha value is -3.85. The lowest BCUT2D eigenvalue weighted by Gasteiger charge is -2.27. The third kappa shape index (κ3) is 4.76. The summed E-state index contributed by atoms with van der Waals surface area (Å²) in [5, 5.41) is 13.4. The third-order valence-electron chi connectivity index (χ3n) is 4.22. The second kappa shape index (κ2) is 9.10. The average Bonchev–Trinajstić information content (AvgIpc) is 2.73. The predicted octanol–water partition coefficient (Wildman–Crippen LogP) is 2.99. The Labute approximate surface area is 177 Å². The highest BCUT2D eigenvalue weighted by Gasteiger charge is 2.32. The molecule has 152 valence electrons. The molecule has 2 amide bonds. The molecule has 2 aromatic carbocycles. The molecule has 1 N–H and O–H groups in total. The van der Waals surface area contributed by atoms with Gasteiger partial charge in [-0.25, -0.2) is 0 Å². The van der Waals surface area contributed by atoms with Crippen LogP contribution < -0.4 is 10.1 Å². The van der Waals surface area contributed by atoms with Crippen LogP contribution in [-0.2, 0) is 16.2 Å². The van der Waals surface area contributed by atoms with Crippen molar-refractivity contribution in [3.63, 3.8) is 0 Å². The number of benzene rings is 2. The summed E-state index contributed by atoms with van der Waals surface area (Å²) >= 11 is 5.02. The van der Waals surface area contributed by atoms with Gasteiger partial charge in [0.15, 0.2) is 5.11 Å². The van der Waals surface area contributed by atoms with Crippen molar-refractivity contribution in [1.82, 2.24) is 10.2 Å². The van der Waals surface area contributed by atoms with Crippen molar-refractivity contribution in [2.24, 2.45) is 0 Å². The molecule has 0 spiro atoms. The van der Waals surface area contributed by atoms with E-state index in [9.17, 15) is 19.7 Å². The number of carbonyl (C=O) groups is 2. The number of hydrogen-bond donors (Lipinski definition) is 1. The van der Waals surface area contributed by atoms with Crippen molar-refractivity contribution < 1.29 is 19.2 Å². The molecule has 1 heterocycles. The Kier molecular flexibility index (Phi) is 6.33. The number of carbonyl (C=O) groups excluding carboxylic acids is 2. The summed E-state index contributed by atoms with van der Waals surface area (Å²) in [6.45, 7) is 3.94. The number of ether oxygens (including phenoxy) is 1. The van der Waals surface area contributed by atoms with E-state index in [1.165, 1.54) is 29.2 Å². The SMILES string of the molecule is C=CCN1C(=O)/C(=C/c2ccc(OCc3cccc([N+](=O)[O-])c3)cc2)C(=O)NC1=S. The van der Waals surface area contributed by atoms with Gasteiger partial charge in [0.2, 0.25) is 0 Å². The number of non-ortho nitro benzene ring substituents is 1. The topological polar surface area (TPSA) is 102 Å². The maximum absolute atomic E-state index is 12.5. The Morgan fingerprint density at radius 3 is 2.60 bits per heavy atom. The third-order valence-corrected chi connectivity index (χ3v) is 4.54. The zero-order chi connectivity index (χ0) is 21.7. The monoisotopic (exact) mass is 423 g/mol. The van der Waals surface area contributed by atoms with Crippen LogP contribution in [0.5, 0.6) is 5.75 Å². The van der Waals surface area contributed by atoms with Gasteiger partial charge >= 0.3 is 0 Å². The minimum atomic E-state index is -0.559. The number of rotatable bonds is 7. The fourth-order valence-electron chi connectivity index (χ4n) is 2.74. The minimum Gasteiger partial charge on any atom is -0.489 e. The molecule has 1 aliphatic heterocycles. The summed E-state index contributed by atoms with van der Waals surface area (Å²) in [6.07, 6.45) is 2.99. The fourth-order valence-corrected chi connectivity index (χ4v) is 2.99. The second-order valence-corrected chi connectivity index (χ2v) is 6.69. The highest BCUT2D eigenvalue weighted by molar-refractivity contribution is 7.80. The van der Waals surface area contributed by atoms with E-state index in [1.807, 2.05) is 0 Å². The van der Waals surface area contributed by atoms with Crippen LogP contribution in [0.3, 0.4) is 0 Å². The summed E-state index contributed by atoms with van der Waals surface area (Å²) in [6, 6.07) is 12.9. The van der Waals surface area contributed by atoms with Gasteiger partial charge < -0.3 is 4.74 Å². The number of amides is 2. The Morgan fingerprint density at radius 2 is 1.93 bits per heavy atom. The molecule has 1 fully saturated rings. The van der Waals surface area contributed by atoms with Gasteiger partial charge in [0.05, 0.1) is 4.92 Å². The molecule has 1 aliphatic rings. The number of nitrogens with zero attached hydrogens (tertiary/aromatic N) is 2. The zero-order valence-electron chi connectivity index (χ0n) is 15.7. The highest BCUT2D eigenvalue weighted by Crippen LogP contribution is 2.20. The van der Waals surface area contributed by atoms with Crippen molar-refractivity contribution >= 4 is 40.9 Å². The first kappa shape index (κ1) is 20.9. The number of hydrogen-bond acceptors (Lipinski definition) is 6. The van der Waals surface area contributed by atoms with E-state index in [-0.39, 0.29) is 29.5 Å². The number of nitrogens with one attached hydrogen (secondary N) is 1. The van der Waals surface area contributed by atoms with Gasteiger partial charge in [-0.05, 0) is 41.6 Å². The van der Waals surface area contributed by atoms with Gasteiger partial charge in [-0.3, -0.25) is 29.9 Å². The Balaban J connectivity index is 1.70. The van der Waals surface area contributed by atoms with Crippen molar-refractivity contribution in [3.8, 4) is 5.75 Å². The fraction of sp³-hybridized carbons (Fsp3) is 0.0952. The Bertz CT molecular complexity index is 1060. The molecule has 1 saturated heterocycles. The van der Waals surface area contributed by atoms with Crippen LogP contribution in [-0.4, -0.2) is 33.3 Å². The van der Waals surface area contributed by atoms with Gasteiger partial charge in [-0.1, -0.05) is 30.3 Å². The van der Waals surface area contributed by atoms with Gasteiger partial charge in [-0.15, -0.1) is 6.58 Å². The zero-order valence-corrected chi connectivity index (χ0v) is 16.6. The van der Waals surface area contributed by atoms with Gasteiger partial charge in [0.1, 0.15) is 17.9 Å². The van der Waals surface area contributed by atoms with E-state index in [1.54, 1.807) is 36.4 Å². The van der Waals surface area contributed by atoms with Gasteiger partial charge in [0, 0.05) is 18.7 Å². The van der Waals surface area contributed by atoms with E-state index in [2.05, 4.69) is 11.9 Å². The van der Waals surface area contributed by atoms with E-state index in [0.717, 1.165) is 0 Å². The van der Waals surface area contributed by atoms with Crippen molar-refractivity contribution in [2.75, 3.05) is 6.54 Å². The summed E-state index contributed by atoms with van der Waals surface area (Å²) in [7, 11) is 0. The van der Waals surface area contributed by atoms with E-state index >= 15 is 0 Å². The van der Waals surface area contributed by atoms with Crippen LogP contribution in [0.15, 0.2) is 66.8 Å². The lowest BCUT2D eigenvalue weighted by Crippen LogP contribution is -2.53. The van der Waals surface area contributed by atoms with Crippen molar-refractivity contribution in [2.45, 2.75) is 6.61 Å². The quantitative estimate of drug-likeness (QED) is 0.183. The molecule has 0 aliphatic carbocycles.